The minimum absolute atomic E-state index is 0.153. The Hall–Kier alpha value is -3.26. The molecule has 0 fully saturated rings. The van der Waals surface area contributed by atoms with E-state index in [2.05, 4.69) is 0 Å². The van der Waals surface area contributed by atoms with Crippen LogP contribution in [0, 0.1) is 19.7 Å². The molecule has 0 spiro atoms. The average Bonchev–Trinajstić information content (AvgIpc) is 3.40. The van der Waals surface area contributed by atoms with Crippen molar-refractivity contribution < 1.29 is 23.5 Å². The summed E-state index contributed by atoms with van der Waals surface area (Å²) >= 11 is 1.29. The molecule has 2 heterocycles. The van der Waals surface area contributed by atoms with Crippen LogP contribution in [-0.2, 0) is 17.8 Å². The van der Waals surface area contributed by atoms with E-state index in [4.69, 9.17) is 4.74 Å². The highest BCUT2D eigenvalue weighted by Gasteiger charge is 2.29. The van der Waals surface area contributed by atoms with Gasteiger partial charge < -0.3 is 14.2 Å². The molecule has 0 aliphatic rings. The molecule has 3 aromatic rings. The smallest absolute Gasteiger partial charge is 0.355 e. The minimum atomic E-state index is -0.475. The van der Waals surface area contributed by atoms with Crippen LogP contribution in [0.5, 0.6) is 0 Å². The zero-order valence-corrected chi connectivity index (χ0v) is 20.0. The lowest BCUT2D eigenvalue weighted by atomic mass is 10.0. The van der Waals surface area contributed by atoms with Gasteiger partial charge in [0.1, 0.15) is 11.5 Å². The number of ketones is 1. The molecule has 33 heavy (non-hydrogen) atoms. The van der Waals surface area contributed by atoms with Gasteiger partial charge in [-0.2, -0.15) is 0 Å². The van der Waals surface area contributed by atoms with E-state index in [-0.39, 0.29) is 37.2 Å². The molecule has 1 aromatic carbocycles. The third-order valence-corrected chi connectivity index (χ3v) is 6.33. The summed E-state index contributed by atoms with van der Waals surface area (Å²) in [6.07, 6.45) is 0. The number of esters is 1. The van der Waals surface area contributed by atoms with Gasteiger partial charge in [-0.3, -0.25) is 9.59 Å². The Morgan fingerprint density at radius 1 is 1.09 bits per heavy atom. The van der Waals surface area contributed by atoms with Crippen molar-refractivity contribution in [2.75, 3.05) is 13.2 Å². The lowest BCUT2D eigenvalue weighted by Crippen LogP contribution is -2.35. The number of rotatable bonds is 9. The summed E-state index contributed by atoms with van der Waals surface area (Å²) in [5, 5.41) is 1.80. The fraction of sp³-hybridized carbons (Fsp3) is 0.320. The van der Waals surface area contributed by atoms with Crippen LogP contribution in [0.1, 0.15) is 61.2 Å². The first-order valence-corrected chi connectivity index (χ1v) is 11.6. The van der Waals surface area contributed by atoms with Crippen LogP contribution in [0.3, 0.4) is 0 Å². The number of halogens is 1. The van der Waals surface area contributed by atoms with Crippen molar-refractivity contribution in [3.8, 4) is 0 Å². The van der Waals surface area contributed by atoms with Crippen LogP contribution in [-0.4, -0.2) is 40.3 Å². The average molecular weight is 471 g/mol. The van der Waals surface area contributed by atoms with Crippen LogP contribution in [0.4, 0.5) is 4.39 Å². The number of hydrogen-bond acceptors (Lipinski definition) is 5. The monoisotopic (exact) mass is 470 g/mol. The molecule has 0 atom stereocenters. The van der Waals surface area contributed by atoms with Crippen molar-refractivity contribution in [2.24, 2.45) is 0 Å². The Morgan fingerprint density at radius 3 is 2.36 bits per heavy atom. The quantitative estimate of drug-likeness (QED) is 0.325. The van der Waals surface area contributed by atoms with Gasteiger partial charge in [-0.1, -0.05) is 18.2 Å². The van der Waals surface area contributed by atoms with E-state index in [1.807, 2.05) is 6.92 Å². The van der Waals surface area contributed by atoms with E-state index < -0.39 is 5.97 Å². The second-order valence-corrected chi connectivity index (χ2v) is 8.53. The van der Waals surface area contributed by atoms with Crippen LogP contribution < -0.4 is 0 Å². The summed E-state index contributed by atoms with van der Waals surface area (Å²) in [5.74, 6) is -1.39. The number of carbonyl (C=O) groups excluding carboxylic acids is 3. The van der Waals surface area contributed by atoms with Crippen molar-refractivity contribution in [3.05, 3.63) is 80.6 Å². The first-order valence-electron chi connectivity index (χ1n) is 10.8. The molecule has 0 saturated heterocycles. The Bertz CT molecular complexity index is 1150. The first kappa shape index (κ1) is 24.4. The van der Waals surface area contributed by atoms with E-state index in [9.17, 15) is 18.8 Å². The van der Waals surface area contributed by atoms with Crippen LogP contribution in [0.2, 0.25) is 0 Å². The van der Waals surface area contributed by atoms with E-state index in [0.29, 0.717) is 39.5 Å². The molecule has 8 heteroatoms. The number of carbonyl (C=O) groups is 3. The van der Waals surface area contributed by atoms with E-state index in [0.717, 1.165) is 0 Å². The summed E-state index contributed by atoms with van der Waals surface area (Å²) in [6.45, 7) is 7.85. The number of nitrogens with zero attached hydrogens (tertiary/aromatic N) is 2. The van der Waals surface area contributed by atoms with Crippen molar-refractivity contribution in [3.63, 3.8) is 0 Å². The highest BCUT2D eigenvalue weighted by molar-refractivity contribution is 7.12. The van der Waals surface area contributed by atoms with Gasteiger partial charge in [0.25, 0.3) is 5.91 Å². The SMILES string of the molecule is CCOC(=O)c1c(C)c(C(=O)CN(Cc2ccc(F)cc2)C(=O)c2cccs2)c(C)n1CC. The minimum Gasteiger partial charge on any atom is -0.461 e. The fourth-order valence-corrected chi connectivity index (χ4v) is 4.67. The molecule has 2 aromatic heterocycles. The Balaban J connectivity index is 1.96. The summed E-state index contributed by atoms with van der Waals surface area (Å²) in [7, 11) is 0. The molecule has 0 N–H and O–H groups in total. The maximum absolute atomic E-state index is 13.5. The maximum Gasteiger partial charge on any atom is 0.355 e. The molecule has 0 unspecified atom stereocenters. The molecule has 3 rings (SSSR count). The predicted octanol–water partition coefficient (Wildman–Crippen LogP) is 5.03. The summed E-state index contributed by atoms with van der Waals surface area (Å²) in [5.41, 5.74) is 2.69. The second kappa shape index (κ2) is 10.6. The number of aromatic nitrogens is 1. The zero-order chi connectivity index (χ0) is 24.1. The molecule has 1 amide bonds. The van der Waals surface area contributed by atoms with Gasteiger partial charge in [0.2, 0.25) is 0 Å². The summed E-state index contributed by atoms with van der Waals surface area (Å²) < 4.78 is 20.3. The Morgan fingerprint density at radius 2 is 1.79 bits per heavy atom. The number of thiophene rings is 1. The molecular weight excluding hydrogens is 443 g/mol. The molecule has 0 aliphatic carbocycles. The summed E-state index contributed by atoms with van der Waals surface area (Å²) in [4.78, 5) is 41.1. The Labute approximate surface area is 196 Å². The highest BCUT2D eigenvalue weighted by atomic mass is 32.1. The predicted molar refractivity (Wildman–Crippen MR) is 125 cm³/mol. The molecule has 174 valence electrons. The van der Waals surface area contributed by atoms with E-state index in [1.54, 1.807) is 55.0 Å². The molecule has 0 bridgehead atoms. The number of amides is 1. The van der Waals surface area contributed by atoms with Gasteiger partial charge in [-0.15, -0.1) is 11.3 Å². The number of benzene rings is 1. The topological polar surface area (TPSA) is 68.6 Å². The first-order chi connectivity index (χ1) is 15.8. The molecule has 0 saturated carbocycles. The van der Waals surface area contributed by atoms with Gasteiger partial charge in [0.05, 0.1) is 18.0 Å². The largest absolute Gasteiger partial charge is 0.461 e. The highest BCUT2D eigenvalue weighted by Crippen LogP contribution is 2.25. The normalized spacial score (nSPS) is 10.8. The van der Waals surface area contributed by atoms with Crippen LogP contribution >= 0.6 is 11.3 Å². The van der Waals surface area contributed by atoms with Gasteiger partial charge in [0.15, 0.2) is 5.78 Å². The molecular formula is C25H27FN2O4S. The Kier molecular flexibility index (Phi) is 7.81. The van der Waals surface area contributed by atoms with Gasteiger partial charge in [-0.05, 0) is 62.4 Å². The number of Topliss-reactive ketones (excluding diaryl/α,β-unsaturated/α-hetero) is 1. The number of hydrogen-bond donors (Lipinski definition) is 0. The van der Waals surface area contributed by atoms with E-state index in [1.165, 1.54) is 28.4 Å². The van der Waals surface area contributed by atoms with Crippen molar-refractivity contribution in [2.45, 2.75) is 40.8 Å². The lowest BCUT2D eigenvalue weighted by molar-refractivity contribution is 0.0512. The number of ether oxygens (including phenoxy) is 1. The summed E-state index contributed by atoms with van der Waals surface area (Å²) in [6, 6.07) is 9.32. The van der Waals surface area contributed by atoms with Gasteiger partial charge in [0, 0.05) is 24.3 Å². The fourth-order valence-electron chi connectivity index (χ4n) is 3.98. The van der Waals surface area contributed by atoms with Crippen LogP contribution in [0.15, 0.2) is 41.8 Å². The van der Waals surface area contributed by atoms with Gasteiger partial charge in [-0.25, -0.2) is 9.18 Å². The van der Waals surface area contributed by atoms with E-state index >= 15 is 0 Å². The second-order valence-electron chi connectivity index (χ2n) is 7.59. The van der Waals surface area contributed by atoms with Crippen LogP contribution in [0.25, 0.3) is 0 Å². The van der Waals surface area contributed by atoms with Crippen molar-refractivity contribution >= 4 is 29.0 Å². The molecule has 0 radical (unpaired) electrons. The zero-order valence-electron chi connectivity index (χ0n) is 19.2. The van der Waals surface area contributed by atoms with Crippen molar-refractivity contribution in [1.29, 1.82) is 0 Å². The maximum atomic E-state index is 13.5. The standard InChI is InChI=1S/C25H27FN2O4S/c1-5-28-17(4)22(16(3)23(28)25(31)32-6-2)20(29)15-27(24(30)21-8-7-13-33-21)14-18-9-11-19(26)12-10-18/h7-13H,5-6,14-15H2,1-4H3. The third-order valence-electron chi connectivity index (χ3n) is 5.47. The van der Waals surface area contributed by atoms with Gasteiger partial charge >= 0.3 is 5.97 Å². The molecule has 6 nitrogen and oxygen atoms in total. The molecule has 0 aliphatic heterocycles. The third kappa shape index (κ3) is 5.22. The lowest BCUT2D eigenvalue weighted by Gasteiger charge is -2.22. The van der Waals surface area contributed by atoms with Crippen molar-refractivity contribution in [1.82, 2.24) is 9.47 Å².